The Kier molecular flexibility index (Phi) is 5.31. The monoisotopic (exact) mass is 457 g/mol. The number of aromatic nitrogens is 4. The first-order valence-electron chi connectivity index (χ1n) is 8.48. The van der Waals surface area contributed by atoms with Gasteiger partial charge in [0.15, 0.2) is 5.65 Å². The van der Waals surface area contributed by atoms with E-state index in [0.717, 1.165) is 16.7 Å². The van der Waals surface area contributed by atoms with Crippen LogP contribution in [0.2, 0.25) is 10.0 Å². The van der Waals surface area contributed by atoms with E-state index in [1.165, 1.54) is 6.20 Å². The zero-order valence-electron chi connectivity index (χ0n) is 15.0. The van der Waals surface area contributed by atoms with Gasteiger partial charge in [-0.05, 0) is 24.3 Å². The van der Waals surface area contributed by atoms with Crippen LogP contribution in [-0.2, 0) is 6.18 Å². The average molecular weight is 458 g/mol. The molecule has 0 radical (unpaired) electrons. The highest BCUT2D eigenvalue weighted by atomic mass is 35.5. The standard InChI is InChI=1S/C18H12Cl2F3N5O2/c19-12-6-10(29-4-3-24)1-2-11(12)15-26-17(30-27-15)14-8-28-7-9(18(21,22)23)5-13(20)16(28)25-14/h1-2,5-8H,3-4,24H2. The molecule has 0 aliphatic carbocycles. The molecule has 0 unspecified atom stereocenters. The van der Waals surface area contributed by atoms with E-state index >= 15 is 0 Å². The van der Waals surface area contributed by atoms with E-state index in [2.05, 4.69) is 15.1 Å². The molecular weight excluding hydrogens is 446 g/mol. The van der Waals surface area contributed by atoms with Gasteiger partial charge in [-0.15, -0.1) is 0 Å². The van der Waals surface area contributed by atoms with Crippen LogP contribution >= 0.6 is 23.2 Å². The van der Waals surface area contributed by atoms with Crippen LogP contribution in [0.15, 0.2) is 41.2 Å². The van der Waals surface area contributed by atoms with Crippen molar-refractivity contribution < 1.29 is 22.4 Å². The number of ether oxygens (including phenoxy) is 1. The lowest BCUT2D eigenvalue weighted by atomic mass is 10.2. The summed E-state index contributed by atoms with van der Waals surface area (Å²) in [4.78, 5) is 8.42. The van der Waals surface area contributed by atoms with Crippen molar-refractivity contribution in [1.82, 2.24) is 19.5 Å². The number of rotatable bonds is 5. The van der Waals surface area contributed by atoms with Crippen LogP contribution in [0.25, 0.3) is 28.6 Å². The van der Waals surface area contributed by atoms with Gasteiger partial charge in [0.2, 0.25) is 5.82 Å². The summed E-state index contributed by atoms with van der Waals surface area (Å²) in [5.74, 6) is 0.714. The Bertz CT molecular complexity index is 1220. The summed E-state index contributed by atoms with van der Waals surface area (Å²) in [5.41, 5.74) is 5.26. The summed E-state index contributed by atoms with van der Waals surface area (Å²) in [7, 11) is 0. The van der Waals surface area contributed by atoms with Crippen molar-refractivity contribution in [2.75, 3.05) is 13.2 Å². The minimum Gasteiger partial charge on any atom is -0.492 e. The quantitative estimate of drug-likeness (QED) is 0.466. The number of fused-ring (bicyclic) bond motifs is 1. The van der Waals surface area contributed by atoms with Crippen molar-refractivity contribution in [2.24, 2.45) is 5.73 Å². The molecule has 0 fully saturated rings. The highest BCUT2D eigenvalue weighted by Gasteiger charge is 2.32. The van der Waals surface area contributed by atoms with Crippen LogP contribution in [0.5, 0.6) is 5.75 Å². The highest BCUT2D eigenvalue weighted by molar-refractivity contribution is 6.33. The Morgan fingerprint density at radius 1 is 1.10 bits per heavy atom. The smallest absolute Gasteiger partial charge is 0.417 e. The number of hydrogen-bond donors (Lipinski definition) is 1. The summed E-state index contributed by atoms with van der Waals surface area (Å²) < 4.78 is 50.7. The fraction of sp³-hybridized carbons (Fsp3) is 0.167. The zero-order chi connectivity index (χ0) is 21.5. The molecule has 1 aromatic carbocycles. The van der Waals surface area contributed by atoms with E-state index in [1.54, 1.807) is 18.2 Å². The molecule has 0 aliphatic rings. The molecule has 30 heavy (non-hydrogen) atoms. The van der Waals surface area contributed by atoms with E-state index in [-0.39, 0.29) is 28.1 Å². The number of pyridine rings is 1. The van der Waals surface area contributed by atoms with E-state index in [4.69, 9.17) is 38.2 Å². The lowest BCUT2D eigenvalue weighted by molar-refractivity contribution is -0.137. The first-order chi connectivity index (χ1) is 14.3. The van der Waals surface area contributed by atoms with E-state index in [1.807, 2.05) is 0 Å². The van der Waals surface area contributed by atoms with Crippen LogP contribution in [-0.4, -0.2) is 32.7 Å². The van der Waals surface area contributed by atoms with Crippen molar-refractivity contribution in [3.8, 4) is 28.7 Å². The van der Waals surface area contributed by atoms with Gasteiger partial charge in [0.1, 0.15) is 18.1 Å². The minimum absolute atomic E-state index is 0.00199. The third kappa shape index (κ3) is 3.93. The molecule has 2 N–H and O–H groups in total. The second-order valence-electron chi connectivity index (χ2n) is 6.13. The van der Waals surface area contributed by atoms with Gasteiger partial charge in [-0.1, -0.05) is 28.4 Å². The van der Waals surface area contributed by atoms with E-state index < -0.39 is 11.7 Å². The first kappa shape index (κ1) is 20.5. The fourth-order valence-electron chi connectivity index (χ4n) is 2.70. The molecule has 7 nitrogen and oxygen atoms in total. The zero-order valence-corrected chi connectivity index (χ0v) is 16.5. The number of nitrogens with zero attached hydrogens (tertiary/aromatic N) is 4. The van der Waals surface area contributed by atoms with Crippen molar-refractivity contribution in [3.05, 3.63) is 52.3 Å². The molecule has 0 bridgehead atoms. The summed E-state index contributed by atoms with van der Waals surface area (Å²) in [6, 6.07) is 5.72. The van der Waals surface area contributed by atoms with E-state index in [0.29, 0.717) is 29.5 Å². The molecule has 4 rings (SSSR count). The molecule has 3 heterocycles. The maximum atomic E-state index is 13.0. The third-order valence-electron chi connectivity index (χ3n) is 4.05. The lowest BCUT2D eigenvalue weighted by Gasteiger charge is -2.07. The number of benzene rings is 1. The van der Waals surface area contributed by atoms with Crippen molar-refractivity contribution in [1.29, 1.82) is 0 Å². The summed E-state index contributed by atoms with van der Waals surface area (Å²) in [5, 5.41) is 4.03. The molecule has 0 amide bonds. The van der Waals surface area contributed by atoms with Gasteiger partial charge in [0.25, 0.3) is 5.89 Å². The van der Waals surface area contributed by atoms with Gasteiger partial charge in [0.05, 0.1) is 15.6 Å². The Morgan fingerprint density at radius 3 is 2.60 bits per heavy atom. The minimum atomic E-state index is -4.54. The molecular formula is C18H12Cl2F3N5O2. The first-order valence-corrected chi connectivity index (χ1v) is 9.24. The van der Waals surface area contributed by atoms with Crippen LogP contribution in [0, 0.1) is 0 Å². The number of halogens is 5. The Labute approximate surface area is 177 Å². The van der Waals surface area contributed by atoms with Gasteiger partial charge in [-0.25, -0.2) is 4.98 Å². The normalized spacial score (nSPS) is 11.9. The maximum absolute atomic E-state index is 13.0. The van der Waals surface area contributed by atoms with Crippen molar-refractivity contribution in [2.45, 2.75) is 6.18 Å². The second-order valence-corrected chi connectivity index (χ2v) is 6.95. The van der Waals surface area contributed by atoms with E-state index in [9.17, 15) is 13.2 Å². The predicted octanol–water partition coefficient (Wildman–Crippen LogP) is 4.71. The Balaban J connectivity index is 1.67. The third-order valence-corrected chi connectivity index (χ3v) is 4.64. The Morgan fingerprint density at radius 2 is 1.90 bits per heavy atom. The predicted molar refractivity (Wildman–Crippen MR) is 103 cm³/mol. The van der Waals surface area contributed by atoms with Crippen molar-refractivity contribution >= 4 is 28.8 Å². The van der Waals surface area contributed by atoms with Gasteiger partial charge < -0.3 is 19.4 Å². The highest BCUT2D eigenvalue weighted by Crippen LogP contribution is 2.34. The number of imidazole rings is 1. The average Bonchev–Trinajstić information content (AvgIpc) is 3.33. The van der Waals surface area contributed by atoms with Gasteiger partial charge in [0, 0.05) is 24.5 Å². The van der Waals surface area contributed by atoms with Gasteiger partial charge in [-0.3, -0.25) is 0 Å². The van der Waals surface area contributed by atoms with Crippen LogP contribution in [0.3, 0.4) is 0 Å². The molecule has 156 valence electrons. The summed E-state index contributed by atoms with van der Waals surface area (Å²) >= 11 is 12.2. The molecule has 4 aromatic rings. The topological polar surface area (TPSA) is 91.5 Å². The number of hydrogen-bond acceptors (Lipinski definition) is 6. The molecule has 0 spiro atoms. The number of nitrogens with two attached hydrogens (primary N) is 1. The molecule has 0 saturated carbocycles. The largest absolute Gasteiger partial charge is 0.492 e. The second kappa shape index (κ2) is 7.78. The van der Waals surface area contributed by atoms with Gasteiger partial charge in [-0.2, -0.15) is 18.2 Å². The Hall–Kier alpha value is -2.82. The molecule has 3 aromatic heterocycles. The van der Waals surface area contributed by atoms with Crippen LogP contribution in [0.4, 0.5) is 13.2 Å². The lowest BCUT2D eigenvalue weighted by Crippen LogP contribution is -2.10. The SMILES string of the molecule is NCCOc1ccc(-c2noc(-c3cn4cc(C(F)(F)F)cc(Cl)c4n3)n2)c(Cl)c1. The van der Waals surface area contributed by atoms with Crippen molar-refractivity contribution in [3.63, 3.8) is 0 Å². The maximum Gasteiger partial charge on any atom is 0.417 e. The fourth-order valence-corrected chi connectivity index (χ4v) is 3.21. The summed E-state index contributed by atoms with van der Waals surface area (Å²) in [6.07, 6.45) is -2.35. The number of alkyl halides is 3. The molecule has 12 heteroatoms. The molecule has 0 atom stereocenters. The van der Waals surface area contributed by atoms with Gasteiger partial charge >= 0.3 is 6.18 Å². The summed E-state index contributed by atoms with van der Waals surface area (Å²) in [6.45, 7) is 0.704. The molecule has 0 aliphatic heterocycles. The molecule has 0 saturated heterocycles. The van der Waals surface area contributed by atoms with Crippen LogP contribution < -0.4 is 10.5 Å². The van der Waals surface area contributed by atoms with Crippen LogP contribution in [0.1, 0.15) is 5.56 Å².